The van der Waals surface area contributed by atoms with Crippen molar-refractivity contribution in [2.45, 2.75) is 58.1 Å². The second kappa shape index (κ2) is 6.39. The molecule has 0 aromatic heterocycles. The van der Waals surface area contributed by atoms with Gasteiger partial charge in [0.2, 0.25) is 0 Å². The summed E-state index contributed by atoms with van der Waals surface area (Å²) in [4.78, 5) is 0. The second-order valence-electron chi connectivity index (χ2n) is 3.98. The summed E-state index contributed by atoms with van der Waals surface area (Å²) in [5.41, 5.74) is 0. The van der Waals surface area contributed by atoms with Gasteiger partial charge in [0.05, 0.1) is 6.10 Å². The van der Waals surface area contributed by atoms with Gasteiger partial charge in [0, 0.05) is 19.2 Å². The average molecular weight is 185 g/mol. The lowest BCUT2D eigenvalue weighted by molar-refractivity contribution is 0.0632. The molecule has 0 aromatic rings. The van der Waals surface area contributed by atoms with Crippen molar-refractivity contribution in [2.75, 3.05) is 13.2 Å². The van der Waals surface area contributed by atoms with Crippen LogP contribution in [-0.4, -0.2) is 25.3 Å². The molecule has 1 N–H and O–H groups in total. The van der Waals surface area contributed by atoms with E-state index in [1.165, 1.54) is 32.1 Å². The van der Waals surface area contributed by atoms with Gasteiger partial charge in [0.25, 0.3) is 0 Å². The minimum Gasteiger partial charge on any atom is -0.377 e. The highest BCUT2D eigenvalue weighted by Crippen LogP contribution is 2.14. The van der Waals surface area contributed by atoms with Gasteiger partial charge in [-0.25, -0.2) is 0 Å². The van der Waals surface area contributed by atoms with Crippen molar-refractivity contribution in [2.24, 2.45) is 0 Å². The van der Waals surface area contributed by atoms with Crippen LogP contribution < -0.4 is 5.32 Å². The molecule has 2 heteroatoms. The maximum atomic E-state index is 5.76. The van der Waals surface area contributed by atoms with Crippen LogP contribution in [0.1, 0.15) is 46.0 Å². The molecule has 0 amide bonds. The Morgan fingerprint density at radius 1 is 1.31 bits per heavy atom. The summed E-state index contributed by atoms with van der Waals surface area (Å²) in [5.74, 6) is 0. The lowest BCUT2D eigenvalue weighted by Gasteiger charge is -2.10. The van der Waals surface area contributed by atoms with Crippen LogP contribution in [0.4, 0.5) is 0 Å². The van der Waals surface area contributed by atoms with Crippen molar-refractivity contribution in [3.63, 3.8) is 0 Å². The largest absolute Gasteiger partial charge is 0.377 e. The standard InChI is InChI=1S/C11H23NO/c1-3-5-7-13-11-8-10(6-4-2)12-9-11/h10-12H,3-9H2,1-2H3/t10-,11-/m1/s1. The zero-order valence-corrected chi connectivity index (χ0v) is 9.01. The van der Waals surface area contributed by atoms with Crippen molar-refractivity contribution >= 4 is 0 Å². The number of hydrogen-bond donors (Lipinski definition) is 1. The summed E-state index contributed by atoms with van der Waals surface area (Å²) < 4.78 is 5.76. The molecule has 78 valence electrons. The Kier molecular flexibility index (Phi) is 5.40. The Balaban J connectivity index is 2.03. The van der Waals surface area contributed by atoms with Crippen LogP contribution >= 0.6 is 0 Å². The number of nitrogens with one attached hydrogen (secondary N) is 1. The van der Waals surface area contributed by atoms with Gasteiger partial charge in [-0.3, -0.25) is 0 Å². The van der Waals surface area contributed by atoms with Gasteiger partial charge >= 0.3 is 0 Å². The third-order valence-electron chi connectivity index (χ3n) is 2.67. The molecule has 1 aliphatic rings. The first-order valence-corrected chi connectivity index (χ1v) is 5.71. The van der Waals surface area contributed by atoms with E-state index in [-0.39, 0.29) is 0 Å². The van der Waals surface area contributed by atoms with Crippen LogP contribution in [0.15, 0.2) is 0 Å². The first kappa shape index (κ1) is 11.0. The minimum absolute atomic E-state index is 0.489. The van der Waals surface area contributed by atoms with Gasteiger partial charge in [-0.05, 0) is 19.3 Å². The maximum Gasteiger partial charge on any atom is 0.0714 e. The fraction of sp³-hybridized carbons (Fsp3) is 1.00. The summed E-state index contributed by atoms with van der Waals surface area (Å²) in [6, 6.07) is 0.719. The lowest BCUT2D eigenvalue weighted by atomic mass is 10.1. The zero-order chi connectivity index (χ0) is 9.52. The van der Waals surface area contributed by atoms with Crippen molar-refractivity contribution in [1.82, 2.24) is 5.32 Å². The van der Waals surface area contributed by atoms with Crippen molar-refractivity contribution in [3.8, 4) is 0 Å². The minimum atomic E-state index is 0.489. The molecule has 2 nitrogen and oxygen atoms in total. The first-order valence-electron chi connectivity index (χ1n) is 5.71. The topological polar surface area (TPSA) is 21.3 Å². The molecule has 1 fully saturated rings. The van der Waals surface area contributed by atoms with E-state index in [1.54, 1.807) is 0 Å². The van der Waals surface area contributed by atoms with Crippen molar-refractivity contribution in [3.05, 3.63) is 0 Å². The van der Waals surface area contributed by atoms with Gasteiger partial charge in [0.1, 0.15) is 0 Å². The normalized spacial score (nSPS) is 28.2. The summed E-state index contributed by atoms with van der Waals surface area (Å²) in [5, 5.41) is 3.51. The van der Waals surface area contributed by atoms with Crippen LogP contribution in [-0.2, 0) is 4.74 Å². The van der Waals surface area contributed by atoms with Gasteiger partial charge < -0.3 is 10.1 Å². The third kappa shape index (κ3) is 4.10. The molecule has 0 radical (unpaired) electrons. The predicted molar refractivity (Wildman–Crippen MR) is 56.0 cm³/mol. The van der Waals surface area contributed by atoms with Crippen LogP contribution in [0.3, 0.4) is 0 Å². The Morgan fingerprint density at radius 2 is 2.15 bits per heavy atom. The Labute approximate surface area is 82.0 Å². The summed E-state index contributed by atoms with van der Waals surface area (Å²) in [6.07, 6.45) is 6.72. The molecule has 0 aromatic carbocycles. The molecule has 1 heterocycles. The molecule has 0 saturated carbocycles. The first-order chi connectivity index (χ1) is 6.36. The molecule has 0 unspecified atom stereocenters. The smallest absolute Gasteiger partial charge is 0.0714 e. The molecule has 1 rings (SSSR count). The number of hydrogen-bond acceptors (Lipinski definition) is 2. The van der Waals surface area contributed by atoms with E-state index in [0.29, 0.717) is 6.10 Å². The van der Waals surface area contributed by atoms with E-state index in [4.69, 9.17) is 4.74 Å². The lowest BCUT2D eigenvalue weighted by Crippen LogP contribution is -2.21. The summed E-state index contributed by atoms with van der Waals surface area (Å²) in [7, 11) is 0. The Morgan fingerprint density at radius 3 is 2.85 bits per heavy atom. The van der Waals surface area contributed by atoms with Crippen molar-refractivity contribution < 1.29 is 4.74 Å². The molecular weight excluding hydrogens is 162 g/mol. The highest BCUT2D eigenvalue weighted by Gasteiger charge is 2.23. The second-order valence-corrected chi connectivity index (χ2v) is 3.98. The fourth-order valence-electron chi connectivity index (χ4n) is 1.87. The van der Waals surface area contributed by atoms with E-state index in [0.717, 1.165) is 19.2 Å². The molecule has 2 atom stereocenters. The average Bonchev–Trinajstić information content (AvgIpc) is 2.54. The van der Waals surface area contributed by atoms with E-state index < -0.39 is 0 Å². The van der Waals surface area contributed by atoms with Crippen LogP contribution in [0.2, 0.25) is 0 Å². The fourth-order valence-corrected chi connectivity index (χ4v) is 1.87. The summed E-state index contributed by atoms with van der Waals surface area (Å²) >= 11 is 0. The monoisotopic (exact) mass is 185 g/mol. The molecule has 1 aliphatic heterocycles. The van der Waals surface area contributed by atoms with E-state index in [2.05, 4.69) is 19.2 Å². The van der Waals surface area contributed by atoms with Gasteiger partial charge in [-0.2, -0.15) is 0 Å². The van der Waals surface area contributed by atoms with Crippen LogP contribution in [0.5, 0.6) is 0 Å². The quantitative estimate of drug-likeness (QED) is 0.641. The number of unbranched alkanes of at least 4 members (excludes halogenated alkanes) is 1. The Bertz CT molecular complexity index is 127. The zero-order valence-electron chi connectivity index (χ0n) is 9.01. The van der Waals surface area contributed by atoms with E-state index in [9.17, 15) is 0 Å². The van der Waals surface area contributed by atoms with Gasteiger partial charge in [-0.15, -0.1) is 0 Å². The maximum absolute atomic E-state index is 5.76. The van der Waals surface area contributed by atoms with Crippen molar-refractivity contribution in [1.29, 1.82) is 0 Å². The summed E-state index contributed by atoms with van der Waals surface area (Å²) in [6.45, 7) is 6.46. The van der Waals surface area contributed by atoms with E-state index >= 15 is 0 Å². The molecular formula is C11H23NO. The van der Waals surface area contributed by atoms with E-state index in [1.807, 2.05) is 0 Å². The molecule has 1 saturated heterocycles. The highest BCUT2D eigenvalue weighted by molar-refractivity contribution is 4.81. The molecule has 0 aliphatic carbocycles. The van der Waals surface area contributed by atoms with Gasteiger partial charge in [-0.1, -0.05) is 26.7 Å². The predicted octanol–water partition coefficient (Wildman–Crippen LogP) is 2.33. The number of rotatable bonds is 6. The van der Waals surface area contributed by atoms with Crippen LogP contribution in [0, 0.1) is 0 Å². The SMILES string of the molecule is CCCCO[C@H]1CN[C@H](CCC)C1. The molecule has 0 bridgehead atoms. The van der Waals surface area contributed by atoms with Gasteiger partial charge in [0.15, 0.2) is 0 Å². The van der Waals surface area contributed by atoms with Crippen LogP contribution in [0.25, 0.3) is 0 Å². The number of ether oxygens (including phenoxy) is 1. The highest BCUT2D eigenvalue weighted by atomic mass is 16.5. The molecule has 13 heavy (non-hydrogen) atoms. The third-order valence-corrected chi connectivity index (χ3v) is 2.67. The Hall–Kier alpha value is -0.0800. The molecule has 0 spiro atoms.